The molecule has 7 nitrogen and oxygen atoms in total. The van der Waals surface area contributed by atoms with Crippen LogP contribution in [0.4, 0.5) is 5.69 Å². The third kappa shape index (κ3) is 3.67. The van der Waals surface area contributed by atoms with Crippen LogP contribution in [-0.2, 0) is 10.0 Å². The molecule has 0 heterocycles. The van der Waals surface area contributed by atoms with Gasteiger partial charge in [-0.15, -0.1) is 0 Å². The predicted octanol–water partition coefficient (Wildman–Crippen LogP) is 2.01. The first kappa shape index (κ1) is 16.4. The number of nitro benzene ring substituents is 1. The van der Waals surface area contributed by atoms with Crippen LogP contribution in [0, 0.1) is 16.0 Å². The molecule has 2 N–H and O–H groups in total. The molecule has 1 rings (SSSR count). The molecule has 0 fully saturated rings. The van der Waals surface area contributed by atoms with Gasteiger partial charge in [0.2, 0.25) is 10.0 Å². The minimum absolute atomic E-state index is 0.0990. The van der Waals surface area contributed by atoms with E-state index in [1.54, 1.807) is 0 Å². The number of sulfonamides is 1. The molecule has 20 heavy (non-hydrogen) atoms. The highest BCUT2D eigenvalue weighted by Gasteiger charge is 2.24. The Morgan fingerprint density at radius 1 is 1.40 bits per heavy atom. The predicted molar refractivity (Wildman–Crippen MR) is 74.0 cm³/mol. The Morgan fingerprint density at radius 3 is 2.45 bits per heavy atom. The standard InChI is InChI=1S/C12H18N2O5S/c1-4-10(8(2)3)13-20(18,19)9-5-6-12(15)11(7-9)14(16)17/h5-8,10,13,15H,4H2,1-3H3. The van der Waals surface area contributed by atoms with Crippen LogP contribution < -0.4 is 4.72 Å². The topological polar surface area (TPSA) is 110 Å². The van der Waals surface area contributed by atoms with Crippen molar-refractivity contribution in [3.63, 3.8) is 0 Å². The Bertz CT molecular complexity index is 598. The largest absolute Gasteiger partial charge is 0.502 e. The Hall–Kier alpha value is -1.67. The van der Waals surface area contributed by atoms with E-state index in [1.165, 1.54) is 0 Å². The van der Waals surface area contributed by atoms with Crippen LogP contribution in [-0.4, -0.2) is 24.5 Å². The average molecular weight is 302 g/mol. The molecule has 0 radical (unpaired) electrons. The van der Waals surface area contributed by atoms with E-state index >= 15 is 0 Å². The highest BCUT2D eigenvalue weighted by atomic mass is 32.2. The number of rotatable bonds is 6. The van der Waals surface area contributed by atoms with Crippen LogP contribution in [0.3, 0.4) is 0 Å². The van der Waals surface area contributed by atoms with Crippen molar-refractivity contribution in [3.05, 3.63) is 28.3 Å². The zero-order valence-corrected chi connectivity index (χ0v) is 12.3. The molecule has 1 unspecified atom stereocenters. The molecule has 1 aromatic carbocycles. The van der Waals surface area contributed by atoms with E-state index in [1.807, 2.05) is 20.8 Å². The van der Waals surface area contributed by atoms with Crippen molar-refractivity contribution in [2.45, 2.75) is 38.1 Å². The molecule has 112 valence electrons. The molecule has 0 saturated carbocycles. The van der Waals surface area contributed by atoms with E-state index in [9.17, 15) is 23.6 Å². The molecule has 0 aliphatic carbocycles. The lowest BCUT2D eigenvalue weighted by molar-refractivity contribution is -0.386. The summed E-state index contributed by atoms with van der Waals surface area (Å²) >= 11 is 0. The van der Waals surface area contributed by atoms with Gasteiger partial charge in [-0.1, -0.05) is 20.8 Å². The number of nitro groups is 1. The van der Waals surface area contributed by atoms with Gasteiger partial charge >= 0.3 is 5.69 Å². The van der Waals surface area contributed by atoms with Crippen molar-refractivity contribution in [1.29, 1.82) is 0 Å². The number of phenolic OH excluding ortho intramolecular Hbond substituents is 1. The quantitative estimate of drug-likeness (QED) is 0.617. The fourth-order valence-corrected chi connectivity index (χ4v) is 3.26. The lowest BCUT2D eigenvalue weighted by Gasteiger charge is -2.20. The van der Waals surface area contributed by atoms with Gasteiger partial charge in [-0.2, -0.15) is 0 Å². The maximum atomic E-state index is 12.2. The first-order valence-electron chi connectivity index (χ1n) is 6.18. The van der Waals surface area contributed by atoms with Gasteiger partial charge in [0.25, 0.3) is 0 Å². The lowest BCUT2D eigenvalue weighted by atomic mass is 10.0. The van der Waals surface area contributed by atoms with Crippen LogP contribution in [0.5, 0.6) is 5.75 Å². The molecule has 0 spiro atoms. The van der Waals surface area contributed by atoms with Crippen LogP contribution >= 0.6 is 0 Å². The van der Waals surface area contributed by atoms with Crippen LogP contribution in [0.25, 0.3) is 0 Å². The summed E-state index contributed by atoms with van der Waals surface area (Å²) in [6.07, 6.45) is 0.608. The molecule has 0 bridgehead atoms. The second kappa shape index (κ2) is 6.19. The van der Waals surface area contributed by atoms with Crippen LogP contribution in [0.15, 0.2) is 23.1 Å². The number of benzene rings is 1. The molecular weight excluding hydrogens is 284 g/mol. The SMILES string of the molecule is CCC(NS(=O)(=O)c1ccc(O)c([N+](=O)[O-])c1)C(C)C. The minimum atomic E-state index is -3.85. The van der Waals surface area contributed by atoms with Gasteiger partial charge in [0.1, 0.15) is 0 Å². The highest BCUT2D eigenvalue weighted by molar-refractivity contribution is 7.89. The molecule has 0 aliphatic heterocycles. The molecule has 8 heteroatoms. The molecule has 0 aromatic heterocycles. The van der Waals surface area contributed by atoms with Gasteiger partial charge in [0, 0.05) is 12.1 Å². The first-order chi connectivity index (χ1) is 9.19. The van der Waals surface area contributed by atoms with Crippen molar-refractivity contribution >= 4 is 15.7 Å². The van der Waals surface area contributed by atoms with Gasteiger partial charge in [-0.3, -0.25) is 10.1 Å². The van der Waals surface area contributed by atoms with E-state index in [-0.39, 0.29) is 16.9 Å². The Morgan fingerprint density at radius 2 is 2.00 bits per heavy atom. The fourth-order valence-electron chi connectivity index (χ4n) is 1.77. The van der Waals surface area contributed by atoms with Gasteiger partial charge in [0.15, 0.2) is 5.75 Å². The van der Waals surface area contributed by atoms with E-state index in [4.69, 9.17) is 0 Å². The third-order valence-electron chi connectivity index (χ3n) is 3.00. The smallest absolute Gasteiger partial charge is 0.312 e. The van der Waals surface area contributed by atoms with Crippen molar-refractivity contribution < 1.29 is 18.4 Å². The molecule has 1 aromatic rings. The second-order valence-corrected chi connectivity index (χ2v) is 6.50. The number of nitrogens with zero attached hydrogens (tertiary/aromatic N) is 1. The van der Waals surface area contributed by atoms with Gasteiger partial charge < -0.3 is 5.11 Å². The lowest BCUT2D eigenvalue weighted by Crippen LogP contribution is -2.37. The normalized spacial score (nSPS) is 13.4. The summed E-state index contributed by atoms with van der Waals surface area (Å²) < 4.78 is 26.9. The Labute approximate surface area is 117 Å². The highest BCUT2D eigenvalue weighted by Crippen LogP contribution is 2.28. The zero-order chi connectivity index (χ0) is 15.5. The summed E-state index contributed by atoms with van der Waals surface area (Å²) in [5, 5.41) is 20.0. The Balaban J connectivity index is 3.16. The fraction of sp³-hybridized carbons (Fsp3) is 0.500. The van der Waals surface area contributed by atoms with Gasteiger partial charge in [-0.25, -0.2) is 13.1 Å². The Kier molecular flexibility index (Phi) is 5.07. The first-order valence-corrected chi connectivity index (χ1v) is 7.67. The summed E-state index contributed by atoms with van der Waals surface area (Å²) in [6.45, 7) is 5.62. The average Bonchev–Trinajstić information content (AvgIpc) is 2.35. The molecular formula is C12H18N2O5S. The zero-order valence-electron chi connectivity index (χ0n) is 11.5. The number of phenols is 1. The number of aromatic hydroxyl groups is 1. The summed E-state index contributed by atoms with van der Waals surface area (Å²) in [5.41, 5.74) is -0.634. The van der Waals surface area contributed by atoms with Crippen molar-refractivity contribution in [3.8, 4) is 5.75 Å². The van der Waals surface area contributed by atoms with Gasteiger partial charge in [0.05, 0.1) is 9.82 Å². The summed E-state index contributed by atoms with van der Waals surface area (Å²) in [7, 11) is -3.85. The number of nitrogens with one attached hydrogen (secondary N) is 1. The molecule has 1 atom stereocenters. The van der Waals surface area contributed by atoms with E-state index in [0.29, 0.717) is 6.42 Å². The molecule has 0 aliphatic rings. The minimum Gasteiger partial charge on any atom is -0.502 e. The van der Waals surface area contributed by atoms with E-state index in [2.05, 4.69) is 4.72 Å². The van der Waals surface area contributed by atoms with Crippen molar-refractivity contribution in [2.24, 2.45) is 5.92 Å². The summed E-state index contributed by atoms with van der Waals surface area (Å²) in [6, 6.07) is 2.73. The monoisotopic (exact) mass is 302 g/mol. The van der Waals surface area contributed by atoms with Crippen LogP contribution in [0.1, 0.15) is 27.2 Å². The maximum absolute atomic E-state index is 12.2. The summed E-state index contributed by atoms with van der Waals surface area (Å²) in [4.78, 5) is 9.66. The molecule has 0 saturated heterocycles. The van der Waals surface area contributed by atoms with Crippen molar-refractivity contribution in [2.75, 3.05) is 0 Å². The maximum Gasteiger partial charge on any atom is 0.312 e. The van der Waals surface area contributed by atoms with Gasteiger partial charge in [-0.05, 0) is 24.5 Å². The second-order valence-electron chi connectivity index (χ2n) is 4.79. The summed E-state index contributed by atoms with van der Waals surface area (Å²) in [5.74, 6) is -0.466. The van der Waals surface area contributed by atoms with Crippen molar-refractivity contribution in [1.82, 2.24) is 4.72 Å². The van der Waals surface area contributed by atoms with E-state index < -0.39 is 26.4 Å². The number of hydrogen-bond donors (Lipinski definition) is 2. The molecule has 0 amide bonds. The number of hydrogen-bond acceptors (Lipinski definition) is 5. The van der Waals surface area contributed by atoms with E-state index in [0.717, 1.165) is 18.2 Å². The third-order valence-corrected chi connectivity index (χ3v) is 4.49. The van der Waals surface area contributed by atoms with Crippen LogP contribution in [0.2, 0.25) is 0 Å².